The van der Waals surface area contributed by atoms with Gasteiger partial charge in [0.2, 0.25) is 0 Å². The van der Waals surface area contributed by atoms with E-state index in [1.54, 1.807) is 6.07 Å². The molecule has 1 fully saturated rings. The molecule has 0 spiro atoms. The number of hydrogen-bond donors (Lipinski definition) is 0. The van der Waals surface area contributed by atoms with E-state index in [9.17, 15) is 9.18 Å². The molecule has 21 heavy (non-hydrogen) atoms. The van der Waals surface area contributed by atoms with Crippen LogP contribution in [0.4, 0.5) is 4.39 Å². The molecule has 0 saturated heterocycles. The Balaban J connectivity index is 2.10. The Morgan fingerprint density at radius 1 is 1.05 bits per heavy atom. The fourth-order valence-corrected chi connectivity index (χ4v) is 3.48. The number of carbonyl (C=O) groups excluding carboxylic acids is 1. The molecule has 0 unspecified atom stereocenters. The second-order valence-corrected chi connectivity index (χ2v) is 5.94. The summed E-state index contributed by atoms with van der Waals surface area (Å²) in [5, 5.41) is 0. The van der Waals surface area contributed by atoms with Crippen LogP contribution in [0, 0.1) is 12.7 Å². The first-order valence-corrected chi connectivity index (χ1v) is 7.50. The quantitative estimate of drug-likeness (QED) is 0.737. The van der Waals surface area contributed by atoms with Crippen molar-refractivity contribution in [2.24, 2.45) is 0 Å². The summed E-state index contributed by atoms with van der Waals surface area (Å²) in [6.07, 6.45) is 3.81. The average Bonchev–Trinajstić information content (AvgIpc) is 3.01. The monoisotopic (exact) mass is 282 g/mol. The SMILES string of the molecule is Cc1ccc(F)cc1C(=O)C1(c2ccccc2)CCCC1. The van der Waals surface area contributed by atoms with E-state index in [0.29, 0.717) is 5.56 Å². The van der Waals surface area contributed by atoms with Gasteiger partial charge in [-0.2, -0.15) is 0 Å². The minimum atomic E-state index is -0.472. The molecule has 1 saturated carbocycles. The van der Waals surface area contributed by atoms with Crippen LogP contribution >= 0.6 is 0 Å². The lowest BCUT2D eigenvalue weighted by molar-refractivity contribution is 0.0885. The molecule has 108 valence electrons. The molecule has 2 aromatic rings. The van der Waals surface area contributed by atoms with Crippen LogP contribution in [0.2, 0.25) is 0 Å². The highest BCUT2D eigenvalue weighted by Gasteiger charge is 2.43. The highest BCUT2D eigenvalue weighted by Crippen LogP contribution is 2.44. The van der Waals surface area contributed by atoms with Gasteiger partial charge >= 0.3 is 0 Å². The molecule has 0 radical (unpaired) electrons. The lowest BCUT2D eigenvalue weighted by Crippen LogP contribution is -2.33. The highest BCUT2D eigenvalue weighted by atomic mass is 19.1. The Hall–Kier alpha value is -1.96. The van der Waals surface area contributed by atoms with Gasteiger partial charge in [0.05, 0.1) is 5.41 Å². The molecule has 2 aromatic carbocycles. The molecule has 0 amide bonds. The summed E-state index contributed by atoms with van der Waals surface area (Å²) < 4.78 is 13.6. The first-order chi connectivity index (χ1) is 10.1. The second-order valence-electron chi connectivity index (χ2n) is 5.94. The van der Waals surface area contributed by atoms with E-state index < -0.39 is 5.41 Å². The van der Waals surface area contributed by atoms with Gasteiger partial charge in [-0.25, -0.2) is 4.39 Å². The van der Waals surface area contributed by atoms with Crippen molar-refractivity contribution in [3.05, 3.63) is 71.0 Å². The summed E-state index contributed by atoms with van der Waals surface area (Å²) in [6, 6.07) is 14.5. The first kappa shape index (κ1) is 14.0. The van der Waals surface area contributed by atoms with Crippen LogP contribution in [0.15, 0.2) is 48.5 Å². The van der Waals surface area contributed by atoms with E-state index in [0.717, 1.165) is 36.8 Å². The lowest BCUT2D eigenvalue weighted by atomic mass is 9.72. The average molecular weight is 282 g/mol. The summed E-state index contributed by atoms with van der Waals surface area (Å²) >= 11 is 0. The third-order valence-corrected chi connectivity index (χ3v) is 4.66. The zero-order valence-electron chi connectivity index (χ0n) is 12.2. The van der Waals surface area contributed by atoms with Crippen LogP contribution in [-0.4, -0.2) is 5.78 Å². The molecule has 0 aromatic heterocycles. The van der Waals surface area contributed by atoms with Crippen molar-refractivity contribution in [1.82, 2.24) is 0 Å². The van der Waals surface area contributed by atoms with Gasteiger partial charge in [-0.15, -0.1) is 0 Å². The smallest absolute Gasteiger partial charge is 0.173 e. The predicted octanol–water partition coefficient (Wildman–Crippen LogP) is 4.83. The number of ketones is 1. The first-order valence-electron chi connectivity index (χ1n) is 7.50. The topological polar surface area (TPSA) is 17.1 Å². The maximum Gasteiger partial charge on any atom is 0.173 e. The van der Waals surface area contributed by atoms with Crippen LogP contribution < -0.4 is 0 Å². The number of Topliss-reactive ketones (excluding diaryl/α,β-unsaturated/α-hetero) is 1. The Kier molecular flexibility index (Phi) is 3.62. The maximum absolute atomic E-state index is 13.6. The highest BCUT2D eigenvalue weighted by molar-refractivity contribution is 6.05. The zero-order chi connectivity index (χ0) is 14.9. The number of benzene rings is 2. The number of rotatable bonds is 3. The minimum Gasteiger partial charge on any atom is -0.293 e. The Labute approximate surface area is 124 Å². The van der Waals surface area contributed by atoms with Crippen LogP contribution in [-0.2, 0) is 5.41 Å². The Morgan fingerprint density at radius 2 is 1.71 bits per heavy atom. The van der Waals surface area contributed by atoms with Crippen molar-refractivity contribution in [2.75, 3.05) is 0 Å². The van der Waals surface area contributed by atoms with Crippen molar-refractivity contribution in [2.45, 2.75) is 38.0 Å². The summed E-state index contributed by atoms with van der Waals surface area (Å²) in [5.41, 5.74) is 1.97. The summed E-state index contributed by atoms with van der Waals surface area (Å²) in [6.45, 7) is 1.88. The summed E-state index contributed by atoms with van der Waals surface area (Å²) in [7, 11) is 0. The molecule has 0 aliphatic heterocycles. The van der Waals surface area contributed by atoms with Gasteiger partial charge in [0.25, 0.3) is 0 Å². The number of aryl methyl sites for hydroxylation is 1. The Morgan fingerprint density at radius 3 is 2.38 bits per heavy atom. The van der Waals surface area contributed by atoms with Gasteiger partial charge in [-0.3, -0.25) is 4.79 Å². The molecule has 0 atom stereocenters. The molecule has 1 aliphatic carbocycles. The third-order valence-electron chi connectivity index (χ3n) is 4.66. The van der Waals surface area contributed by atoms with Crippen molar-refractivity contribution >= 4 is 5.78 Å². The second kappa shape index (κ2) is 5.44. The van der Waals surface area contributed by atoms with Crippen LogP contribution in [0.25, 0.3) is 0 Å². The molecule has 3 rings (SSSR count). The fraction of sp³-hybridized carbons (Fsp3) is 0.316. The minimum absolute atomic E-state index is 0.0724. The van der Waals surface area contributed by atoms with E-state index >= 15 is 0 Å². The molecule has 2 heteroatoms. The molecule has 1 aliphatic rings. The van der Waals surface area contributed by atoms with Gasteiger partial charge in [0, 0.05) is 5.56 Å². The lowest BCUT2D eigenvalue weighted by Gasteiger charge is -2.29. The summed E-state index contributed by atoms with van der Waals surface area (Å²) in [5.74, 6) is -0.270. The van der Waals surface area contributed by atoms with E-state index in [-0.39, 0.29) is 11.6 Å². The molecule has 0 heterocycles. The third kappa shape index (κ3) is 2.39. The van der Waals surface area contributed by atoms with E-state index in [1.165, 1.54) is 12.1 Å². The fourth-order valence-electron chi connectivity index (χ4n) is 3.48. The summed E-state index contributed by atoms with van der Waals surface area (Å²) in [4.78, 5) is 13.2. The number of carbonyl (C=O) groups is 1. The number of hydrogen-bond acceptors (Lipinski definition) is 1. The van der Waals surface area contributed by atoms with Crippen molar-refractivity contribution in [3.63, 3.8) is 0 Å². The zero-order valence-corrected chi connectivity index (χ0v) is 12.2. The molecular weight excluding hydrogens is 263 g/mol. The molecule has 0 bridgehead atoms. The van der Waals surface area contributed by atoms with Gasteiger partial charge in [0.1, 0.15) is 5.82 Å². The molecular formula is C19H19FO. The van der Waals surface area contributed by atoms with Crippen LogP contribution in [0.5, 0.6) is 0 Å². The van der Waals surface area contributed by atoms with Crippen molar-refractivity contribution in [1.29, 1.82) is 0 Å². The van der Waals surface area contributed by atoms with Crippen LogP contribution in [0.1, 0.15) is 47.2 Å². The Bertz CT molecular complexity index is 655. The van der Waals surface area contributed by atoms with Gasteiger partial charge in [-0.05, 0) is 43.0 Å². The standard InChI is InChI=1S/C19H19FO/c1-14-9-10-16(20)13-17(14)18(21)19(11-5-6-12-19)15-7-3-2-4-8-15/h2-4,7-10,13H,5-6,11-12H2,1H3. The largest absolute Gasteiger partial charge is 0.293 e. The normalized spacial score (nSPS) is 16.9. The molecule has 0 N–H and O–H groups in total. The van der Waals surface area contributed by atoms with Crippen molar-refractivity contribution < 1.29 is 9.18 Å². The van der Waals surface area contributed by atoms with Crippen LogP contribution in [0.3, 0.4) is 0 Å². The molecule has 1 nitrogen and oxygen atoms in total. The van der Waals surface area contributed by atoms with Gasteiger partial charge in [-0.1, -0.05) is 49.2 Å². The number of halogens is 1. The van der Waals surface area contributed by atoms with E-state index in [4.69, 9.17) is 0 Å². The maximum atomic E-state index is 13.6. The van der Waals surface area contributed by atoms with E-state index in [2.05, 4.69) is 0 Å². The van der Waals surface area contributed by atoms with E-state index in [1.807, 2.05) is 37.3 Å². The van der Waals surface area contributed by atoms with Gasteiger partial charge in [0.15, 0.2) is 5.78 Å². The predicted molar refractivity (Wildman–Crippen MR) is 82.1 cm³/mol. The van der Waals surface area contributed by atoms with Crippen molar-refractivity contribution in [3.8, 4) is 0 Å². The van der Waals surface area contributed by atoms with Gasteiger partial charge < -0.3 is 0 Å².